The Morgan fingerprint density at radius 3 is 2.60 bits per heavy atom. The van der Waals surface area contributed by atoms with E-state index in [1.165, 1.54) is 4.90 Å². The maximum Gasteiger partial charge on any atom is 0.337 e. The van der Waals surface area contributed by atoms with E-state index in [2.05, 4.69) is 4.98 Å². The molecule has 2 aromatic rings. The van der Waals surface area contributed by atoms with Crippen LogP contribution in [0.2, 0.25) is 0 Å². The van der Waals surface area contributed by atoms with Gasteiger partial charge in [0.15, 0.2) is 11.2 Å². The van der Waals surface area contributed by atoms with Crippen LogP contribution >= 0.6 is 0 Å². The van der Waals surface area contributed by atoms with Crippen LogP contribution < -0.4 is 5.73 Å². The van der Waals surface area contributed by atoms with Crippen LogP contribution in [0.5, 0.6) is 0 Å². The molecule has 0 saturated carbocycles. The zero-order valence-electron chi connectivity index (χ0n) is 16.9. The molecule has 0 saturated heterocycles. The Balaban J connectivity index is 1.99. The van der Waals surface area contributed by atoms with Crippen molar-refractivity contribution in [2.75, 3.05) is 25.5 Å². The average Bonchev–Trinajstić information content (AvgIpc) is 3.28. The molecule has 30 heavy (non-hydrogen) atoms. The first-order valence-corrected chi connectivity index (χ1v) is 9.60. The Bertz CT molecular complexity index is 1100. The predicted octanol–water partition coefficient (Wildman–Crippen LogP) is 1.77. The number of aromatic nitrogens is 1. The summed E-state index contributed by atoms with van der Waals surface area (Å²) in [5.41, 5.74) is 5.96. The number of allylic oxidation sites excluding steroid dienone is 1. The first-order chi connectivity index (χ1) is 14.4. The summed E-state index contributed by atoms with van der Waals surface area (Å²) in [5, 5.41) is 0. The normalized spacial score (nSPS) is 19.3. The number of ether oxygens (including phenoxy) is 2. The summed E-state index contributed by atoms with van der Waals surface area (Å²) in [5.74, 6) is -1.43. The molecule has 0 fully saturated rings. The molecule has 9 nitrogen and oxygen atoms in total. The minimum absolute atomic E-state index is 0.0955. The topological polar surface area (TPSA) is 125 Å². The molecule has 1 atom stereocenters. The van der Waals surface area contributed by atoms with Crippen LogP contribution in [0, 0.1) is 0 Å². The van der Waals surface area contributed by atoms with E-state index in [4.69, 9.17) is 19.6 Å². The smallest absolute Gasteiger partial charge is 0.337 e. The molecule has 1 aromatic heterocycles. The zero-order chi connectivity index (χ0) is 21.6. The Kier molecular flexibility index (Phi) is 4.60. The second kappa shape index (κ2) is 7.01. The van der Waals surface area contributed by atoms with Gasteiger partial charge in [0.05, 0.1) is 18.8 Å². The van der Waals surface area contributed by atoms with Gasteiger partial charge in [-0.2, -0.15) is 4.98 Å². The first kappa shape index (κ1) is 19.7. The van der Waals surface area contributed by atoms with Gasteiger partial charge in [-0.25, -0.2) is 4.79 Å². The number of carbonyl (C=O) groups excluding carboxylic acids is 3. The highest BCUT2D eigenvalue weighted by molar-refractivity contribution is 6.14. The number of amides is 1. The summed E-state index contributed by atoms with van der Waals surface area (Å²) >= 11 is 0. The predicted molar refractivity (Wildman–Crippen MR) is 105 cm³/mol. The molecule has 156 valence electrons. The van der Waals surface area contributed by atoms with E-state index in [1.807, 2.05) is 0 Å². The molecular formula is C21H21N3O6. The molecule has 1 amide bonds. The van der Waals surface area contributed by atoms with E-state index in [0.717, 1.165) is 0 Å². The van der Waals surface area contributed by atoms with E-state index in [-0.39, 0.29) is 37.0 Å². The number of anilines is 1. The van der Waals surface area contributed by atoms with Gasteiger partial charge < -0.3 is 24.5 Å². The van der Waals surface area contributed by atoms with Crippen molar-refractivity contribution in [3.63, 3.8) is 0 Å². The third-order valence-corrected chi connectivity index (χ3v) is 5.35. The number of nitrogen functional groups attached to an aromatic ring is 1. The number of carbonyl (C=O) groups is 3. The lowest BCUT2D eigenvalue weighted by Crippen LogP contribution is -2.44. The molecular weight excluding hydrogens is 390 g/mol. The molecule has 0 radical (unpaired) electrons. The largest absolute Gasteiger partial charge is 0.465 e. The number of fused-ring (bicyclic) bond motifs is 5. The van der Waals surface area contributed by atoms with Crippen LogP contribution in [0.15, 0.2) is 40.0 Å². The Morgan fingerprint density at radius 2 is 1.90 bits per heavy atom. The Hall–Kier alpha value is -3.62. The number of hydrogen-bond acceptors (Lipinski definition) is 8. The summed E-state index contributed by atoms with van der Waals surface area (Å²) in [6.07, 6.45) is 0. The molecule has 4 rings (SSSR count). The van der Waals surface area contributed by atoms with Crippen LogP contribution in [0.1, 0.15) is 32.0 Å². The monoisotopic (exact) mass is 411 g/mol. The third kappa shape index (κ3) is 2.47. The van der Waals surface area contributed by atoms with Crippen molar-refractivity contribution in [2.24, 2.45) is 0 Å². The summed E-state index contributed by atoms with van der Waals surface area (Å²) in [7, 11) is 0. The molecule has 1 aliphatic carbocycles. The second-order valence-electron chi connectivity index (χ2n) is 6.90. The Morgan fingerprint density at radius 1 is 1.20 bits per heavy atom. The summed E-state index contributed by atoms with van der Waals surface area (Å²) < 4.78 is 15.9. The first-order valence-electron chi connectivity index (χ1n) is 9.60. The molecule has 1 aliphatic heterocycles. The molecule has 1 aromatic carbocycles. The maximum absolute atomic E-state index is 13.9. The van der Waals surface area contributed by atoms with Gasteiger partial charge in [-0.1, -0.05) is 24.3 Å². The highest BCUT2D eigenvalue weighted by Crippen LogP contribution is 2.57. The fourth-order valence-electron chi connectivity index (χ4n) is 4.28. The maximum atomic E-state index is 13.9. The number of nitrogens with two attached hydrogens (primary N) is 1. The van der Waals surface area contributed by atoms with Gasteiger partial charge in [0.25, 0.3) is 6.01 Å². The molecule has 0 bridgehead atoms. The standard InChI is InChI=1S/C21H21N3O6/c1-4-28-14(25)10-24-11(3)15(18(26)29-5-2)21(19(24)27)13-9-7-6-8-12(13)16-17(21)23-20(22)30-16/h6-9H,4-5,10H2,1-3H3,(H2,22,23). The molecule has 9 heteroatoms. The lowest BCUT2D eigenvalue weighted by Gasteiger charge is -2.26. The van der Waals surface area contributed by atoms with Crippen molar-refractivity contribution in [3.8, 4) is 11.3 Å². The Labute approximate surface area is 172 Å². The van der Waals surface area contributed by atoms with Gasteiger partial charge >= 0.3 is 11.9 Å². The third-order valence-electron chi connectivity index (χ3n) is 5.35. The highest BCUT2D eigenvalue weighted by Gasteiger charge is 2.63. The number of hydrogen-bond donors (Lipinski definition) is 1. The van der Waals surface area contributed by atoms with Crippen molar-refractivity contribution >= 4 is 23.9 Å². The van der Waals surface area contributed by atoms with Crippen molar-refractivity contribution in [1.29, 1.82) is 0 Å². The molecule has 2 N–H and O–H groups in total. The minimum Gasteiger partial charge on any atom is -0.465 e. The van der Waals surface area contributed by atoms with Crippen LogP contribution in [-0.4, -0.2) is 47.5 Å². The summed E-state index contributed by atoms with van der Waals surface area (Å²) in [6, 6.07) is 6.94. The zero-order valence-corrected chi connectivity index (χ0v) is 16.9. The fraction of sp³-hybridized carbons (Fsp3) is 0.333. The van der Waals surface area contributed by atoms with Crippen molar-refractivity contribution in [2.45, 2.75) is 26.2 Å². The van der Waals surface area contributed by atoms with E-state index >= 15 is 0 Å². The number of benzene rings is 1. The number of nitrogens with zero attached hydrogens (tertiary/aromatic N) is 2. The molecule has 2 aliphatic rings. The van der Waals surface area contributed by atoms with Gasteiger partial charge in [-0.15, -0.1) is 0 Å². The number of rotatable bonds is 5. The van der Waals surface area contributed by atoms with Gasteiger partial charge in [0, 0.05) is 11.3 Å². The summed E-state index contributed by atoms with van der Waals surface area (Å²) in [6.45, 7) is 4.90. The molecule has 1 spiro atoms. The highest BCUT2D eigenvalue weighted by atomic mass is 16.5. The second-order valence-corrected chi connectivity index (χ2v) is 6.90. The van der Waals surface area contributed by atoms with Crippen LogP contribution in [0.25, 0.3) is 11.3 Å². The van der Waals surface area contributed by atoms with E-state index in [9.17, 15) is 14.4 Å². The molecule has 1 unspecified atom stereocenters. The number of esters is 2. The van der Waals surface area contributed by atoms with Gasteiger partial charge in [0.1, 0.15) is 12.2 Å². The van der Waals surface area contributed by atoms with Crippen molar-refractivity contribution in [1.82, 2.24) is 9.88 Å². The molecule has 2 heterocycles. The fourth-order valence-corrected chi connectivity index (χ4v) is 4.28. The minimum atomic E-state index is -1.60. The van der Waals surface area contributed by atoms with Crippen molar-refractivity contribution < 1.29 is 28.3 Å². The van der Waals surface area contributed by atoms with E-state index in [0.29, 0.717) is 22.6 Å². The quantitative estimate of drug-likeness (QED) is 0.738. The summed E-state index contributed by atoms with van der Waals surface area (Å²) in [4.78, 5) is 44.7. The van der Waals surface area contributed by atoms with Gasteiger partial charge in [0.2, 0.25) is 5.91 Å². The van der Waals surface area contributed by atoms with Gasteiger partial charge in [-0.3, -0.25) is 9.59 Å². The average molecular weight is 411 g/mol. The number of oxazole rings is 1. The van der Waals surface area contributed by atoms with Gasteiger partial charge in [-0.05, 0) is 26.3 Å². The SMILES string of the molecule is CCOC(=O)CN1C(=O)C2(C(C(=O)OCC)=C1C)c1ccccc1-c1oc(N)nc12. The van der Waals surface area contributed by atoms with Crippen LogP contribution in [-0.2, 0) is 29.3 Å². The van der Waals surface area contributed by atoms with Crippen LogP contribution in [0.3, 0.4) is 0 Å². The lowest BCUT2D eigenvalue weighted by molar-refractivity contribution is -0.147. The lowest BCUT2D eigenvalue weighted by atomic mass is 9.74. The van der Waals surface area contributed by atoms with Crippen molar-refractivity contribution in [3.05, 3.63) is 46.8 Å². The van der Waals surface area contributed by atoms with Crippen LogP contribution in [0.4, 0.5) is 6.01 Å². The van der Waals surface area contributed by atoms with E-state index < -0.39 is 23.3 Å². The van der Waals surface area contributed by atoms with E-state index in [1.54, 1.807) is 45.0 Å².